The lowest BCUT2D eigenvalue weighted by molar-refractivity contribution is -0.0417. The van der Waals surface area contributed by atoms with Gasteiger partial charge in [0.25, 0.3) is 0 Å². The van der Waals surface area contributed by atoms with E-state index in [1.165, 1.54) is 12.8 Å². The van der Waals surface area contributed by atoms with Crippen molar-refractivity contribution in [2.24, 2.45) is 11.7 Å². The number of rotatable bonds is 2. The quantitative estimate of drug-likeness (QED) is 0.682. The van der Waals surface area contributed by atoms with E-state index >= 15 is 0 Å². The summed E-state index contributed by atoms with van der Waals surface area (Å²) in [6.07, 6.45) is 4.61. The Balaban J connectivity index is 1.84. The van der Waals surface area contributed by atoms with Crippen molar-refractivity contribution in [3.8, 4) is 0 Å². The van der Waals surface area contributed by atoms with Crippen molar-refractivity contribution in [3.05, 3.63) is 0 Å². The average molecular weight is 198 g/mol. The fourth-order valence-corrected chi connectivity index (χ4v) is 3.01. The first-order valence-corrected chi connectivity index (χ1v) is 5.75. The van der Waals surface area contributed by atoms with Gasteiger partial charge in [-0.3, -0.25) is 4.90 Å². The SMILES string of the molecule is CC1(N2CCC(N)CC2)CC(CO)C1. The highest BCUT2D eigenvalue weighted by Crippen LogP contribution is 2.42. The van der Waals surface area contributed by atoms with E-state index in [0.717, 1.165) is 25.9 Å². The Morgan fingerprint density at radius 3 is 2.43 bits per heavy atom. The molecule has 0 aromatic carbocycles. The molecule has 3 nitrogen and oxygen atoms in total. The number of piperidine rings is 1. The Labute approximate surface area is 86.3 Å². The third kappa shape index (κ3) is 1.81. The van der Waals surface area contributed by atoms with Crippen molar-refractivity contribution in [1.82, 2.24) is 4.90 Å². The molecule has 0 atom stereocenters. The van der Waals surface area contributed by atoms with Crippen LogP contribution in [0.5, 0.6) is 0 Å². The van der Waals surface area contributed by atoms with E-state index in [1.807, 2.05) is 0 Å². The van der Waals surface area contributed by atoms with E-state index in [-0.39, 0.29) is 0 Å². The van der Waals surface area contributed by atoms with E-state index in [1.54, 1.807) is 0 Å². The van der Waals surface area contributed by atoms with Gasteiger partial charge in [-0.05, 0) is 38.5 Å². The standard InChI is InChI=1S/C11H22N2O/c1-11(6-9(7-11)8-14)13-4-2-10(12)3-5-13/h9-10,14H,2-8,12H2,1H3. The van der Waals surface area contributed by atoms with Crippen molar-refractivity contribution in [1.29, 1.82) is 0 Å². The predicted octanol–water partition coefficient (Wildman–Crippen LogP) is 0.570. The minimum atomic E-state index is 0.364. The molecule has 1 aliphatic heterocycles. The zero-order valence-electron chi connectivity index (χ0n) is 9.08. The summed E-state index contributed by atoms with van der Waals surface area (Å²) in [6, 6.07) is 0.420. The van der Waals surface area contributed by atoms with Crippen molar-refractivity contribution in [2.75, 3.05) is 19.7 Å². The molecule has 14 heavy (non-hydrogen) atoms. The fourth-order valence-electron chi connectivity index (χ4n) is 3.01. The van der Waals surface area contributed by atoms with E-state index in [4.69, 9.17) is 10.8 Å². The molecule has 1 saturated heterocycles. The molecule has 1 aliphatic carbocycles. The molecule has 1 saturated carbocycles. The van der Waals surface area contributed by atoms with Gasteiger partial charge in [0.15, 0.2) is 0 Å². The van der Waals surface area contributed by atoms with E-state index < -0.39 is 0 Å². The molecule has 2 fully saturated rings. The maximum absolute atomic E-state index is 9.02. The van der Waals surface area contributed by atoms with E-state index in [0.29, 0.717) is 24.1 Å². The van der Waals surface area contributed by atoms with Crippen molar-refractivity contribution in [2.45, 2.75) is 44.2 Å². The number of hydrogen-bond acceptors (Lipinski definition) is 3. The van der Waals surface area contributed by atoms with Gasteiger partial charge in [-0.2, -0.15) is 0 Å². The highest BCUT2D eigenvalue weighted by molar-refractivity contribution is 5.00. The summed E-state index contributed by atoms with van der Waals surface area (Å²) in [6.45, 7) is 4.99. The maximum atomic E-state index is 9.02. The molecule has 1 heterocycles. The van der Waals surface area contributed by atoms with Crippen molar-refractivity contribution >= 4 is 0 Å². The number of likely N-dealkylation sites (tertiary alicyclic amines) is 1. The van der Waals surface area contributed by atoms with Crippen LogP contribution >= 0.6 is 0 Å². The Hall–Kier alpha value is -0.120. The summed E-state index contributed by atoms with van der Waals surface area (Å²) < 4.78 is 0. The van der Waals surface area contributed by atoms with Gasteiger partial charge >= 0.3 is 0 Å². The first kappa shape index (κ1) is 10.4. The topological polar surface area (TPSA) is 49.5 Å². The first-order valence-electron chi connectivity index (χ1n) is 5.75. The van der Waals surface area contributed by atoms with Gasteiger partial charge in [0.05, 0.1) is 0 Å². The third-order valence-electron chi connectivity index (χ3n) is 4.02. The molecular formula is C11H22N2O. The second kappa shape index (κ2) is 3.80. The highest BCUT2D eigenvalue weighted by atomic mass is 16.3. The lowest BCUT2D eigenvalue weighted by Crippen LogP contribution is -2.59. The molecule has 0 unspecified atom stereocenters. The van der Waals surface area contributed by atoms with Gasteiger partial charge in [0, 0.05) is 31.3 Å². The van der Waals surface area contributed by atoms with Crippen LogP contribution in [0.25, 0.3) is 0 Å². The van der Waals surface area contributed by atoms with Crippen LogP contribution in [0, 0.1) is 5.92 Å². The third-order valence-corrected chi connectivity index (χ3v) is 4.02. The number of nitrogens with zero attached hydrogens (tertiary/aromatic N) is 1. The molecule has 0 radical (unpaired) electrons. The minimum Gasteiger partial charge on any atom is -0.396 e. The summed E-state index contributed by atoms with van der Waals surface area (Å²) in [4.78, 5) is 2.57. The summed E-state index contributed by atoms with van der Waals surface area (Å²) in [5, 5.41) is 9.02. The van der Waals surface area contributed by atoms with Crippen LogP contribution in [0.1, 0.15) is 32.6 Å². The molecule has 3 heteroatoms. The Morgan fingerprint density at radius 2 is 1.93 bits per heavy atom. The summed E-state index contributed by atoms with van der Waals surface area (Å²) >= 11 is 0. The monoisotopic (exact) mass is 198 g/mol. The van der Waals surface area contributed by atoms with Crippen molar-refractivity contribution in [3.63, 3.8) is 0 Å². The molecule has 0 spiro atoms. The molecule has 0 aromatic heterocycles. The molecule has 2 aliphatic rings. The maximum Gasteiger partial charge on any atom is 0.0460 e. The Kier molecular flexibility index (Phi) is 2.82. The largest absolute Gasteiger partial charge is 0.396 e. The minimum absolute atomic E-state index is 0.364. The first-order chi connectivity index (χ1) is 6.64. The summed E-state index contributed by atoms with van der Waals surface area (Å²) in [7, 11) is 0. The van der Waals surface area contributed by atoms with Crippen LogP contribution in [0.3, 0.4) is 0 Å². The second-order valence-electron chi connectivity index (χ2n) is 5.28. The van der Waals surface area contributed by atoms with Crippen LogP contribution in [-0.4, -0.2) is 41.3 Å². The fraction of sp³-hybridized carbons (Fsp3) is 1.00. The van der Waals surface area contributed by atoms with E-state index in [9.17, 15) is 0 Å². The van der Waals surface area contributed by atoms with Gasteiger partial charge in [-0.15, -0.1) is 0 Å². The van der Waals surface area contributed by atoms with Crippen LogP contribution in [0.15, 0.2) is 0 Å². The predicted molar refractivity (Wildman–Crippen MR) is 57.0 cm³/mol. The lowest BCUT2D eigenvalue weighted by atomic mass is 9.68. The molecule has 0 aromatic rings. The Bertz CT molecular complexity index is 193. The van der Waals surface area contributed by atoms with E-state index in [2.05, 4.69) is 11.8 Å². The van der Waals surface area contributed by atoms with Crippen LogP contribution in [-0.2, 0) is 0 Å². The van der Waals surface area contributed by atoms with Crippen LogP contribution < -0.4 is 5.73 Å². The van der Waals surface area contributed by atoms with Crippen LogP contribution in [0.2, 0.25) is 0 Å². The lowest BCUT2D eigenvalue weighted by Gasteiger charge is -2.53. The zero-order valence-corrected chi connectivity index (χ0v) is 9.08. The average Bonchev–Trinajstić information content (AvgIpc) is 2.14. The number of nitrogens with two attached hydrogens (primary N) is 1. The summed E-state index contributed by atoms with van der Waals surface area (Å²) in [5.41, 5.74) is 6.26. The number of aliphatic hydroxyl groups excluding tert-OH is 1. The van der Waals surface area contributed by atoms with Gasteiger partial charge < -0.3 is 10.8 Å². The van der Waals surface area contributed by atoms with Gasteiger partial charge in [-0.25, -0.2) is 0 Å². The number of hydrogen-bond donors (Lipinski definition) is 2. The number of aliphatic hydroxyl groups is 1. The molecule has 2 rings (SSSR count). The normalized spacial score (nSPS) is 40.9. The van der Waals surface area contributed by atoms with Gasteiger partial charge in [0.1, 0.15) is 0 Å². The molecular weight excluding hydrogens is 176 g/mol. The molecule has 3 N–H and O–H groups in total. The van der Waals surface area contributed by atoms with Crippen LogP contribution in [0.4, 0.5) is 0 Å². The highest BCUT2D eigenvalue weighted by Gasteiger charge is 2.44. The zero-order chi connectivity index (χ0) is 10.2. The molecule has 0 amide bonds. The molecule has 82 valence electrons. The second-order valence-corrected chi connectivity index (χ2v) is 5.28. The summed E-state index contributed by atoms with van der Waals surface area (Å²) in [5.74, 6) is 0.551. The van der Waals surface area contributed by atoms with Gasteiger partial charge in [0.2, 0.25) is 0 Å². The smallest absolute Gasteiger partial charge is 0.0460 e. The van der Waals surface area contributed by atoms with Gasteiger partial charge in [-0.1, -0.05) is 0 Å². The molecule has 0 bridgehead atoms. The Morgan fingerprint density at radius 1 is 1.36 bits per heavy atom. The van der Waals surface area contributed by atoms with Crippen molar-refractivity contribution < 1.29 is 5.11 Å².